The van der Waals surface area contributed by atoms with Gasteiger partial charge < -0.3 is 9.80 Å². The van der Waals surface area contributed by atoms with E-state index in [1.54, 1.807) is 11.1 Å². The zero-order valence-corrected chi connectivity index (χ0v) is 13.5. The van der Waals surface area contributed by atoms with Gasteiger partial charge in [0.05, 0.1) is 11.9 Å². The van der Waals surface area contributed by atoms with Crippen LogP contribution in [0.1, 0.15) is 31.3 Å². The van der Waals surface area contributed by atoms with Crippen molar-refractivity contribution in [1.29, 1.82) is 0 Å². The molecule has 1 aromatic heterocycles. The van der Waals surface area contributed by atoms with Crippen LogP contribution in [0.5, 0.6) is 0 Å². The Labute approximate surface area is 132 Å². The van der Waals surface area contributed by atoms with Crippen LogP contribution in [0, 0.1) is 0 Å². The van der Waals surface area contributed by atoms with Gasteiger partial charge in [-0.15, -0.1) is 0 Å². The maximum atomic E-state index is 12.6. The molecule has 2 aromatic rings. The Morgan fingerprint density at radius 3 is 2.09 bits per heavy atom. The third kappa shape index (κ3) is 3.45. The second-order valence-electron chi connectivity index (χ2n) is 4.96. The third-order valence-corrected chi connectivity index (χ3v) is 3.72. The van der Waals surface area contributed by atoms with E-state index in [1.165, 1.54) is 0 Å². The first-order valence-corrected chi connectivity index (χ1v) is 7.79. The molecule has 4 heteroatoms. The van der Waals surface area contributed by atoms with Crippen molar-refractivity contribution in [2.45, 2.75) is 20.8 Å². The molecule has 0 saturated carbocycles. The maximum absolute atomic E-state index is 12.6. The Morgan fingerprint density at radius 1 is 0.909 bits per heavy atom. The molecule has 0 aliphatic carbocycles. The highest BCUT2D eigenvalue weighted by Crippen LogP contribution is 2.17. The zero-order chi connectivity index (χ0) is 15.9. The minimum absolute atomic E-state index is 0.0696. The smallest absolute Gasteiger partial charge is 0.276 e. The van der Waals surface area contributed by atoms with E-state index in [0.717, 1.165) is 24.5 Å². The number of aromatic nitrogens is 1. The van der Waals surface area contributed by atoms with E-state index in [-0.39, 0.29) is 5.91 Å². The quantitative estimate of drug-likeness (QED) is 0.817. The number of amides is 1. The van der Waals surface area contributed by atoms with E-state index in [4.69, 9.17) is 0 Å². The fourth-order valence-electron chi connectivity index (χ4n) is 2.48. The van der Waals surface area contributed by atoms with Crippen molar-refractivity contribution in [3.63, 3.8) is 0 Å². The maximum Gasteiger partial charge on any atom is 0.276 e. The number of para-hydroxylation sites is 1. The molecule has 1 heterocycles. The summed E-state index contributed by atoms with van der Waals surface area (Å²) < 4.78 is 0. The lowest BCUT2D eigenvalue weighted by Crippen LogP contribution is -2.31. The summed E-state index contributed by atoms with van der Waals surface area (Å²) in [6.45, 7) is 8.65. The molecule has 0 fully saturated rings. The van der Waals surface area contributed by atoms with Gasteiger partial charge in [-0.05, 0) is 45.0 Å². The van der Waals surface area contributed by atoms with Gasteiger partial charge in [0.2, 0.25) is 0 Å². The fourth-order valence-corrected chi connectivity index (χ4v) is 2.48. The lowest BCUT2D eigenvalue weighted by molar-refractivity contribution is 0.0983. The summed E-state index contributed by atoms with van der Waals surface area (Å²) in [5.74, 6) is -0.0696. The summed E-state index contributed by atoms with van der Waals surface area (Å²) in [5.41, 5.74) is 2.41. The van der Waals surface area contributed by atoms with E-state index >= 15 is 0 Å². The average Bonchev–Trinajstić information content (AvgIpc) is 2.58. The zero-order valence-electron chi connectivity index (χ0n) is 13.5. The Balaban J connectivity index is 2.21. The monoisotopic (exact) mass is 297 g/mol. The standard InChI is InChI=1S/C18H23N3O/c1-4-20(5-2)16-12-13-17(19-14-16)18(22)21(6-3)15-10-8-7-9-11-15/h7-14H,4-6H2,1-3H3. The van der Waals surface area contributed by atoms with E-state index < -0.39 is 0 Å². The van der Waals surface area contributed by atoms with Gasteiger partial charge in [-0.25, -0.2) is 4.98 Å². The van der Waals surface area contributed by atoms with Crippen molar-refractivity contribution >= 4 is 17.3 Å². The molecule has 116 valence electrons. The Kier molecular flexibility index (Phi) is 5.53. The van der Waals surface area contributed by atoms with Crippen molar-refractivity contribution in [2.75, 3.05) is 29.4 Å². The van der Waals surface area contributed by atoms with Gasteiger partial charge >= 0.3 is 0 Å². The highest BCUT2D eigenvalue weighted by molar-refractivity contribution is 6.04. The normalized spacial score (nSPS) is 10.3. The SMILES string of the molecule is CCN(CC)c1ccc(C(=O)N(CC)c2ccccc2)nc1. The molecule has 0 unspecified atom stereocenters. The molecule has 0 atom stereocenters. The lowest BCUT2D eigenvalue weighted by Gasteiger charge is -2.22. The predicted molar refractivity (Wildman–Crippen MR) is 91.6 cm³/mol. The van der Waals surface area contributed by atoms with E-state index in [1.807, 2.05) is 49.4 Å². The molecule has 0 spiro atoms. The second-order valence-corrected chi connectivity index (χ2v) is 4.96. The van der Waals surface area contributed by atoms with Crippen LogP contribution in [0.15, 0.2) is 48.7 Å². The molecule has 0 N–H and O–H groups in total. The molecule has 0 radical (unpaired) electrons. The van der Waals surface area contributed by atoms with Crippen LogP contribution in [0.2, 0.25) is 0 Å². The van der Waals surface area contributed by atoms with Gasteiger partial charge in [0.15, 0.2) is 0 Å². The topological polar surface area (TPSA) is 36.4 Å². The highest BCUT2D eigenvalue weighted by atomic mass is 16.2. The first-order valence-electron chi connectivity index (χ1n) is 7.79. The van der Waals surface area contributed by atoms with E-state index in [0.29, 0.717) is 12.2 Å². The largest absolute Gasteiger partial charge is 0.371 e. The average molecular weight is 297 g/mol. The Morgan fingerprint density at radius 2 is 1.59 bits per heavy atom. The number of carbonyl (C=O) groups is 1. The first-order chi connectivity index (χ1) is 10.7. The first kappa shape index (κ1) is 16.0. The van der Waals surface area contributed by atoms with Gasteiger partial charge in [0, 0.05) is 25.3 Å². The van der Waals surface area contributed by atoms with Crippen molar-refractivity contribution in [2.24, 2.45) is 0 Å². The minimum atomic E-state index is -0.0696. The van der Waals surface area contributed by atoms with Gasteiger partial charge in [-0.2, -0.15) is 0 Å². The summed E-state index contributed by atoms with van der Waals surface area (Å²) >= 11 is 0. The van der Waals surface area contributed by atoms with Crippen molar-refractivity contribution in [3.05, 3.63) is 54.4 Å². The molecule has 0 aliphatic heterocycles. The molecular weight excluding hydrogens is 274 g/mol. The Bertz CT molecular complexity index is 591. The number of nitrogens with zero attached hydrogens (tertiary/aromatic N) is 3. The van der Waals surface area contributed by atoms with E-state index in [9.17, 15) is 4.79 Å². The highest BCUT2D eigenvalue weighted by Gasteiger charge is 2.17. The lowest BCUT2D eigenvalue weighted by atomic mass is 10.2. The molecule has 22 heavy (non-hydrogen) atoms. The van der Waals surface area contributed by atoms with Crippen LogP contribution < -0.4 is 9.80 Å². The predicted octanol–water partition coefficient (Wildman–Crippen LogP) is 3.59. The van der Waals surface area contributed by atoms with Crippen LogP contribution in [0.4, 0.5) is 11.4 Å². The number of hydrogen-bond acceptors (Lipinski definition) is 3. The summed E-state index contributed by atoms with van der Waals surface area (Å²) in [7, 11) is 0. The molecule has 4 nitrogen and oxygen atoms in total. The summed E-state index contributed by atoms with van der Waals surface area (Å²) in [6.07, 6.45) is 1.78. The van der Waals surface area contributed by atoms with Gasteiger partial charge in [-0.3, -0.25) is 4.79 Å². The molecule has 2 rings (SSSR count). The summed E-state index contributed by atoms with van der Waals surface area (Å²) in [5, 5.41) is 0. The number of carbonyl (C=O) groups excluding carboxylic acids is 1. The fraction of sp³-hybridized carbons (Fsp3) is 0.333. The number of rotatable bonds is 6. The molecular formula is C18H23N3O. The Hall–Kier alpha value is -2.36. The summed E-state index contributed by atoms with van der Waals surface area (Å²) in [6, 6.07) is 13.5. The van der Waals surface area contributed by atoms with Crippen molar-refractivity contribution in [1.82, 2.24) is 4.98 Å². The molecule has 0 saturated heterocycles. The number of pyridine rings is 1. The third-order valence-electron chi connectivity index (χ3n) is 3.72. The number of benzene rings is 1. The van der Waals surface area contributed by atoms with Gasteiger partial charge in [0.25, 0.3) is 5.91 Å². The second kappa shape index (κ2) is 7.59. The van der Waals surface area contributed by atoms with Crippen molar-refractivity contribution < 1.29 is 4.79 Å². The molecule has 1 aromatic carbocycles. The summed E-state index contributed by atoms with van der Waals surface area (Å²) in [4.78, 5) is 20.9. The molecule has 0 bridgehead atoms. The van der Waals surface area contributed by atoms with Gasteiger partial charge in [0.1, 0.15) is 5.69 Å². The van der Waals surface area contributed by atoms with E-state index in [2.05, 4.69) is 23.7 Å². The minimum Gasteiger partial charge on any atom is -0.371 e. The van der Waals surface area contributed by atoms with Crippen molar-refractivity contribution in [3.8, 4) is 0 Å². The molecule has 0 aliphatic rings. The van der Waals surface area contributed by atoms with Crippen LogP contribution in [-0.4, -0.2) is 30.5 Å². The van der Waals surface area contributed by atoms with Crippen LogP contribution >= 0.6 is 0 Å². The number of anilines is 2. The van der Waals surface area contributed by atoms with Crippen LogP contribution in [0.3, 0.4) is 0 Å². The van der Waals surface area contributed by atoms with Crippen LogP contribution in [0.25, 0.3) is 0 Å². The van der Waals surface area contributed by atoms with Gasteiger partial charge in [-0.1, -0.05) is 18.2 Å². The number of hydrogen-bond donors (Lipinski definition) is 0. The van der Waals surface area contributed by atoms with Crippen LogP contribution in [-0.2, 0) is 0 Å². The molecule has 1 amide bonds.